The van der Waals surface area contributed by atoms with Crippen molar-refractivity contribution in [2.24, 2.45) is 0 Å². The summed E-state index contributed by atoms with van der Waals surface area (Å²) in [6, 6.07) is 0. The van der Waals surface area contributed by atoms with Crippen molar-refractivity contribution in [1.29, 1.82) is 0 Å². The van der Waals surface area contributed by atoms with Crippen LogP contribution in [0.4, 0.5) is 4.39 Å². The molecule has 0 atom stereocenters. The Kier molecular flexibility index (Phi) is 1.70. The summed E-state index contributed by atoms with van der Waals surface area (Å²) in [5, 5.41) is 0. The highest BCUT2D eigenvalue weighted by Gasteiger charge is 2.09. The molecule has 0 aliphatic heterocycles. The predicted octanol–water partition coefficient (Wildman–Crippen LogP) is 2.62. The quantitative estimate of drug-likeness (QED) is 0.506. The maximum atomic E-state index is 12.1. The first-order valence-electron chi connectivity index (χ1n) is 3.17. The van der Waals surface area contributed by atoms with Gasteiger partial charge in [-0.15, -0.1) is 0 Å². The Morgan fingerprint density at radius 1 is 1.56 bits per heavy atom. The van der Waals surface area contributed by atoms with Gasteiger partial charge in [-0.2, -0.15) is 0 Å². The van der Waals surface area contributed by atoms with Gasteiger partial charge in [-0.05, 0) is 31.4 Å². The van der Waals surface area contributed by atoms with Gasteiger partial charge in [-0.25, -0.2) is 4.39 Å². The molecule has 50 valence electrons. The first-order chi connectivity index (χ1) is 4.25. The highest BCUT2D eigenvalue weighted by atomic mass is 19.1. The van der Waals surface area contributed by atoms with Gasteiger partial charge < -0.3 is 0 Å². The summed E-state index contributed by atoms with van der Waals surface area (Å²) >= 11 is 0. The number of rotatable bonds is 1. The summed E-state index contributed by atoms with van der Waals surface area (Å²) in [6.45, 7) is 3.65. The van der Waals surface area contributed by atoms with E-state index in [9.17, 15) is 4.39 Å². The lowest BCUT2D eigenvalue weighted by atomic mass is 10.1. The molecule has 1 aliphatic carbocycles. The SMILES string of the molecule is CC1=CCC(C)=C1CF. The van der Waals surface area contributed by atoms with Crippen molar-refractivity contribution >= 4 is 0 Å². The standard InChI is InChI=1S/C8H11F/c1-6-3-4-7(2)8(6)5-9/h3H,4-5H2,1-2H3. The lowest BCUT2D eigenvalue weighted by Crippen LogP contribution is -1.85. The average molecular weight is 126 g/mol. The molecular weight excluding hydrogens is 115 g/mol. The normalized spacial score (nSPS) is 18.8. The minimum absolute atomic E-state index is 0.297. The molecule has 0 aromatic carbocycles. The van der Waals surface area contributed by atoms with Crippen LogP contribution in [0.3, 0.4) is 0 Å². The van der Waals surface area contributed by atoms with Crippen LogP contribution in [0, 0.1) is 0 Å². The molecular formula is C8H11F. The van der Waals surface area contributed by atoms with Gasteiger partial charge in [-0.3, -0.25) is 0 Å². The molecule has 0 nitrogen and oxygen atoms in total. The summed E-state index contributed by atoms with van der Waals surface area (Å²) in [5.41, 5.74) is 3.22. The molecule has 0 bridgehead atoms. The van der Waals surface area contributed by atoms with E-state index in [1.807, 2.05) is 13.8 Å². The van der Waals surface area contributed by atoms with Gasteiger partial charge in [0.1, 0.15) is 6.67 Å². The third-order valence-electron chi connectivity index (χ3n) is 1.84. The molecule has 0 aromatic heterocycles. The number of halogens is 1. The first-order valence-corrected chi connectivity index (χ1v) is 3.17. The van der Waals surface area contributed by atoms with Crippen LogP contribution in [0.25, 0.3) is 0 Å². The Balaban J connectivity index is 2.83. The van der Waals surface area contributed by atoms with Crippen LogP contribution in [0.5, 0.6) is 0 Å². The third kappa shape index (κ3) is 1.04. The summed E-state index contributed by atoms with van der Waals surface area (Å²) < 4.78 is 12.1. The van der Waals surface area contributed by atoms with Crippen molar-refractivity contribution in [3.8, 4) is 0 Å². The van der Waals surface area contributed by atoms with E-state index in [2.05, 4.69) is 6.08 Å². The van der Waals surface area contributed by atoms with Gasteiger partial charge >= 0.3 is 0 Å². The zero-order valence-electron chi connectivity index (χ0n) is 5.87. The molecule has 1 rings (SSSR count). The van der Waals surface area contributed by atoms with E-state index in [1.54, 1.807) is 0 Å². The van der Waals surface area contributed by atoms with Gasteiger partial charge in [0.2, 0.25) is 0 Å². The van der Waals surface area contributed by atoms with Crippen LogP contribution >= 0.6 is 0 Å². The number of hydrogen-bond donors (Lipinski definition) is 0. The largest absolute Gasteiger partial charge is 0.246 e. The Bertz CT molecular complexity index is 175. The highest BCUT2D eigenvalue weighted by molar-refractivity contribution is 5.40. The fourth-order valence-electron chi connectivity index (χ4n) is 1.11. The van der Waals surface area contributed by atoms with E-state index in [4.69, 9.17) is 0 Å². The molecule has 0 aromatic rings. The molecule has 1 aliphatic rings. The molecule has 0 saturated carbocycles. The van der Waals surface area contributed by atoms with Crippen LogP contribution in [-0.2, 0) is 0 Å². The third-order valence-corrected chi connectivity index (χ3v) is 1.84. The zero-order chi connectivity index (χ0) is 6.85. The lowest BCUT2D eigenvalue weighted by Gasteiger charge is -1.97. The fourth-order valence-corrected chi connectivity index (χ4v) is 1.11. The van der Waals surface area contributed by atoms with Crippen LogP contribution in [0.1, 0.15) is 20.3 Å². The van der Waals surface area contributed by atoms with Crippen molar-refractivity contribution < 1.29 is 4.39 Å². The average Bonchev–Trinajstić information content (AvgIpc) is 2.12. The van der Waals surface area contributed by atoms with Crippen LogP contribution < -0.4 is 0 Å². The van der Waals surface area contributed by atoms with Gasteiger partial charge in [0.15, 0.2) is 0 Å². The van der Waals surface area contributed by atoms with Crippen LogP contribution in [0.2, 0.25) is 0 Å². The van der Waals surface area contributed by atoms with E-state index < -0.39 is 0 Å². The van der Waals surface area contributed by atoms with Gasteiger partial charge in [0.05, 0.1) is 0 Å². The fraction of sp³-hybridized carbons (Fsp3) is 0.500. The smallest absolute Gasteiger partial charge is 0.115 e. The number of hydrogen-bond acceptors (Lipinski definition) is 0. The minimum atomic E-state index is -0.297. The second-order valence-corrected chi connectivity index (χ2v) is 2.48. The second kappa shape index (κ2) is 2.34. The van der Waals surface area contributed by atoms with Crippen molar-refractivity contribution in [3.63, 3.8) is 0 Å². The van der Waals surface area contributed by atoms with Crippen molar-refractivity contribution in [2.75, 3.05) is 6.67 Å². The molecule has 9 heavy (non-hydrogen) atoms. The Hall–Kier alpha value is -0.590. The summed E-state index contributed by atoms with van der Waals surface area (Å²) in [4.78, 5) is 0. The maximum Gasteiger partial charge on any atom is 0.115 e. The summed E-state index contributed by atoms with van der Waals surface area (Å²) in [7, 11) is 0. The van der Waals surface area contributed by atoms with Gasteiger partial charge in [0.25, 0.3) is 0 Å². The van der Waals surface area contributed by atoms with Gasteiger partial charge in [-0.1, -0.05) is 11.6 Å². The molecule has 0 amide bonds. The van der Waals surface area contributed by atoms with E-state index in [1.165, 1.54) is 5.57 Å². The second-order valence-electron chi connectivity index (χ2n) is 2.48. The van der Waals surface area contributed by atoms with Gasteiger partial charge in [0, 0.05) is 0 Å². The molecule has 0 N–H and O–H groups in total. The van der Waals surface area contributed by atoms with Crippen molar-refractivity contribution in [1.82, 2.24) is 0 Å². The van der Waals surface area contributed by atoms with E-state index in [0.29, 0.717) is 0 Å². The Morgan fingerprint density at radius 3 is 2.44 bits per heavy atom. The molecule has 0 spiro atoms. The maximum absolute atomic E-state index is 12.1. The first kappa shape index (κ1) is 6.53. The van der Waals surface area contributed by atoms with Crippen LogP contribution in [0.15, 0.2) is 22.8 Å². The molecule has 0 fully saturated rings. The van der Waals surface area contributed by atoms with Crippen molar-refractivity contribution in [3.05, 3.63) is 22.8 Å². The van der Waals surface area contributed by atoms with E-state index >= 15 is 0 Å². The van der Waals surface area contributed by atoms with E-state index in [0.717, 1.165) is 17.6 Å². The topological polar surface area (TPSA) is 0 Å². The molecule has 1 heteroatoms. The summed E-state index contributed by atoms with van der Waals surface area (Å²) in [5.74, 6) is 0. The summed E-state index contributed by atoms with van der Waals surface area (Å²) in [6.07, 6.45) is 3.02. The molecule has 0 saturated heterocycles. The Morgan fingerprint density at radius 2 is 2.22 bits per heavy atom. The van der Waals surface area contributed by atoms with Crippen LogP contribution in [-0.4, -0.2) is 6.67 Å². The monoisotopic (exact) mass is 126 g/mol. The highest BCUT2D eigenvalue weighted by Crippen LogP contribution is 2.25. The zero-order valence-corrected chi connectivity index (χ0v) is 5.87. The molecule has 0 heterocycles. The number of alkyl halides is 1. The minimum Gasteiger partial charge on any atom is -0.246 e. The lowest BCUT2D eigenvalue weighted by molar-refractivity contribution is 0.545. The molecule has 0 unspecified atom stereocenters. The van der Waals surface area contributed by atoms with Crippen molar-refractivity contribution in [2.45, 2.75) is 20.3 Å². The number of allylic oxidation sites excluding steroid dienone is 4. The van der Waals surface area contributed by atoms with E-state index in [-0.39, 0.29) is 6.67 Å². The predicted molar refractivity (Wildman–Crippen MR) is 37.0 cm³/mol. The molecule has 0 radical (unpaired) electrons. The Labute approximate surface area is 55.1 Å².